The summed E-state index contributed by atoms with van der Waals surface area (Å²) in [6.45, 7) is 1.98. The maximum atomic E-state index is 13.7. The van der Waals surface area contributed by atoms with Gasteiger partial charge < -0.3 is 9.64 Å². The third-order valence-corrected chi connectivity index (χ3v) is 5.82. The molecule has 1 fully saturated rings. The summed E-state index contributed by atoms with van der Waals surface area (Å²) in [6, 6.07) is 15.2. The third kappa shape index (κ3) is 5.28. The van der Waals surface area contributed by atoms with E-state index in [2.05, 4.69) is 20.4 Å². The van der Waals surface area contributed by atoms with Gasteiger partial charge in [-0.25, -0.2) is 4.39 Å². The number of amides is 1. The second kappa shape index (κ2) is 10.0. The second-order valence-electron chi connectivity index (χ2n) is 7.16. The Balaban J connectivity index is 1.37. The van der Waals surface area contributed by atoms with Crippen molar-refractivity contribution in [1.82, 2.24) is 10.2 Å². The Morgan fingerprint density at radius 3 is 2.66 bits per heavy atom. The maximum absolute atomic E-state index is 13.7. The van der Waals surface area contributed by atoms with E-state index in [9.17, 15) is 14.4 Å². The van der Waals surface area contributed by atoms with Crippen LogP contribution in [0.1, 0.15) is 24.0 Å². The van der Waals surface area contributed by atoms with Gasteiger partial charge in [0, 0.05) is 18.7 Å². The summed E-state index contributed by atoms with van der Waals surface area (Å²) in [7, 11) is 0. The van der Waals surface area contributed by atoms with Crippen LogP contribution in [0.2, 0.25) is 0 Å². The Kier molecular flexibility index (Phi) is 6.72. The summed E-state index contributed by atoms with van der Waals surface area (Å²) in [5.41, 5.74) is 1.07. The summed E-state index contributed by atoms with van der Waals surface area (Å²) in [4.78, 5) is 14.6. The van der Waals surface area contributed by atoms with Gasteiger partial charge >= 0.3 is 0 Å². The molecule has 1 N–H and O–H groups in total. The van der Waals surface area contributed by atoms with Gasteiger partial charge in [0.25, 0.3) is 5.91 Å². The summed E-state index contributed by atoms with van der Waals surface area (Å²) < 4.78 is 19.3. The molecule has 4 rings (SSSR count). The SMILES string of the molecule is N#C/C(=C/c1ccc(OCc2ccccc2F)cc1)C(=O)Nc1nnc(N2CCCC2)s1. The molecule has 0 saturated carbocycles. The number of nitrogens with one attached hydrogen (secondary N) is 1. The molecule has 1 saturated heterocycles. The lowest BCUT2D eigenvalue weighted by Crippen LogP contribution is -2.17. The molecule has 0 aliphatic carbocycles. The molecule has 0 radical (unpaired) electrons. The molecule has 32 heavy (non-hydrogen) atoms. The zero-order chi connectivity index (χ0) is 22.3. The van der Waals surface area contributed by atoms with Gasteiger partial charge in [0.2, 0.25) is 10.3 Å². The minimum absolute atomic E-state index is 0.0528. The van der Waals surface area contributed by atoms with E-state index in [1.807, 2.05) is 6.07 Å². The number of carbonyl (C=O) groups excluding carboxylic acids is 1. The molecule has 1 aliphatic rings. The lowest BCUT2D eigenvalue weighted by molar-refractivity contribution is -0.112. The Labute approximate surface area is 188 Å². The number of aromatic nitrogens is 2. The van der Waals surface area contributed by atoms with Crippen LogP contribution in [0, 0.1) is 17.1 Å². The minimum atomic E-state index is -0.545. The van der Waals surface area contributed by atoms with Crippen LogP contribution in [0.25, 0.3) is 6.08 Å². The number of anilines is 2. The van der Waals surface area contributed by atoms with Crippen molar-refractivity contribution in [3.63, 3.8) is 0 Å². The molecule has 0 unspecified atom stereocenters. The maximum Gasteiger partial charge on any atom is 0.268 e. The Morgan fingerprint density at radius 2 is 1.94 bits per heavy atom. The molecule has 0 atom stereocenters. The van der Waals surface area contributed by atoms with Gasteiger partial charge in [-0.1, -0.05) is 41.7 Å². The van der Waals surface area contributed by atoms with Crippen molar-refractivity contribution < 1.29 is 13.9 Å². The summed E-state index contributed by atoms with van der Waals surface area (Å²) in [5, 5.41) is 21.3. The highest BCUT2D eigenvalue weighted by Crippen LogP contribution is 2.27. The molecule has 2 aromatic carbocycles. The second-order valence-corrected chi connectivity index (χ2v) is 8.11. The van der Waals surface area contributed by atoms with Crippen molar-refractivity contribution >= 4 is 33.6 Å². The van der Waals surface area contributed by atoms with Gasteiger partial charge in [-0.2, -0.15) is 5.26 Å². The summed E-state index contributed by atoms with van der Waals surface area (Å²) >= 11 is 1.29. The van der Waals surface area contributed by atoms with Crippen molar-refractivity contribution in [3.8, 4) is 11.8 Å². The molecule has 0 spiro atoms. The van der Waals surface area contributed by atoms with Crippen LogP contribution in [0.15, 0.2) is 54.1 Å². The van der Waals surface area contributed by atoms with Crippen molar-refractivity contribution in [2.75, 3.05) is 23.3 Å². The first-order valence-electron chi connectivity index (χ1n) is 10.1. The van der Waals surface area contributed by atoms with Gasteiger partial charge in [0.05, 0.1) is 0 Å². The highest BCUT2D eigenvalue weighted by atomic mass is 32.1. The topological polar surface area (TPSA) is 91.1 Å². The number of hydrogen-bond donors (Lipinski definition) is 1. The molecule has 9 heteroatoms. The van der Waals surface area contributed by atoms with Gasteiger partial charge in [-0.3, -0.25) is 10.1 Å². The number of halogens is 1. The first-order chi connectivity index (χ1) is 15.6. The van der Waals surface area contributed by atoms with Crippen molar-refractivity contribution in [1.29, 1.82) is 5.26 Å². The lowest BCUT2D eigenvalue weighted by atomic mass is 10.1. The molecule has 1 amide bonds. The third-order valence-electron chi connectivity index (χ3n) is 4.92. The number of nitriles is 1. The molecule has 162 valence electrons. The van der Waals surface area contributed by atoms with Gasteiger partial charge in [-0.05, 0) is 42.7 Å². The molecule has 1 aliphatic heterocycles. The highest BCUT2D eigenvalue weighted by molar-refractivity contribution is 7.19. The van der Waals surface area contributed by atoms with E-state index in [4.69, 9.17) is 4.74 Å². The number of hydrogen-bond acceptors (Lipinski definition) is 7. The standard InChI is InChI=1S/C23H20FN5O2S/c24-20-6-2-1-5-17(20)15-31-19-9-7-16(8-10-19)13-18(14-25)21(30)26-22-27-28-23(32-22)29-11-3-4-12-29/h1-2,5-10,13H,3-4,11-12,15H2,(H,26,27,30)/b18-13-. The quantitative estimate of drug-likeness (QED) is 0.425. The summed E-state index contributed by atoms with van der Waals surface area (Å²) in [5.74, 6) is -0.312. The number of rotatable bonds is 7. The van der Waals surface area contributed by atoms with E-state index in [-0.39, 0.29) is 18.0 Å². The van der Waals surface area contributed by atoms with Crippen molar-refractivity contribution in [2.45, 2.75) is 19.4 Å². The van der Waals surface area contributed by atoms with E-state index in [0.717, 1.165) is 31.1 Å². The van der Waals surface area contributed by atoms with Crippen LogP contribution in [-0.2, 0) is 11.4 Å². The Hall–Kier alpha value is -3.77. The van der Waals surface area contributed by atoms with Gasteiger partial charge in [0.1, 0.15) is 29.8 Å². The van der Waals surface area contributed by atoms with E-state index in [0.29, 0.717) is 22.0 Å². The van der Waals surface area contributed by atoms with Gasteiger partial charge in [0.15, 0.2) is 0 Å². The fourth-order valence-electron chi connectivity index (χ4n) is 3.22. The average Bonchev–Trinajstić information content (AvgIpc) is 3.50. The fourth-order valence-corrected chi connectivity index (χ4v) is 4.01. The van der Waals surface area contributed by atoms with Crippen LogP contribution in [0.5, 0.6) is 5.75 Å². The monoisotopic (exact) mass is 449 g/mol. The number of ether oxygens (including phenoxy) is 1. The minimum Gasteiger partial charge on any atom is -0.489 e. The predicted octanol–water partition coefficient (Wildman–Crippen LogP) is 4.40. The molecule has 0 bridgehead atoms. The molecule has 7 nitrogen and oxygen atoms in total. The highest BCUT2D eigenvalue weighted by Gasteiger charge is 2.18. The fraction of sp³-hybridized carbons (Fsp3) is 0.217. The van der Waals surface area contributed by atoms with E-state index >= 15 is 0 Å². The normalized spacial score (nSPS) is 13.6. The first kappa shape index (κ1) is 21.5. The lowest BCUT2D eigenvalue weighted by Gasteiger charge is -2.10. The molecular weight excluding hydrogens is 429 g/mol. The van der Waals surface area contributed by atoms with Crippen molar-refractivity contribution in [3.05, 3.63) is 71.0 Å². The molecular formula is C23H20FN5O2S. The Bertz CT molecular complexity index is 1160. The Morgan fingerprint density at radius 1 is 1.19 bits per heavy atom. The van der Waals surface area contributed by atoms with Gasteiger partial charge in [-0.15, -0.1) is 10.2 Å². The van der Waals surface area contributed by atoms with Crippen LogP contribution >= 0.6 is 11.3 Å². The van der Waals surface area contributed by atoms with E-state index in [1.54, 1.807) is 42.5 Å². The van der Waals surface area contributed by atoms with Crippen molar-refractivity contribution in [2.24, 2.45) is 0 Å². The van der Waals surface area contributed by atoms with Crippen LogP contribution < -0.4 is 15.0 Å². The molecule has 2 heterocycles. The van der Waals surface area contributed by atoms with E-state index < -0.39 is 5.91 Å². The van der Waals surface area contributed by atoms with E-state index in [1.165, 1.54) is 23.5 Å². The average molecular weight is 450 g/mol. The number of nitrogens with zero attached hydrogens (tertiary/aromatic N) is 4. The van der Waals surface area contributed by atoms with Crippen LogP contribution in [-0.4, -0.2) is 29.2 Å². The largest absolute Gasteiger partial charge is 0.489 e. The predicted molar refractivity (Wildman–Crippen MR) is 121 cm³/mol. The van der Waals surface area contributed by atoms with Crippen LogP contribution in [0.3, 0.4) is 0 Å². The number of benzene rings is 2. The smallest absolute Gasteiger partial charge is 0.268 e. The zero-order valence-electron chi connectivity index (χ0n) is 17.1. The first-order valence-corrected chi connectivity index (χ1v) is 10.9. The summed E-state index contributed by atoms with van der Waals surface area (Å²) in [6.07, 6.45) is 3.73. The zero-order valence-corrected chi connectivity index (χ0v) is 17.9. The molecule has 3 aromatic rings. The molecule has 1 aromatic heterocycles. The number of carbonyl (C=O) groups is 1. The van der Waals surface area contributed by atoms with Crippen LogP contribution in [0.4, 0.5) is 14.7 Å².